The van der Waals surface area contributed by atoms with Gasteiger partial charge >= 0.3 is 6.09 Å². The molecule has 1 fully saturated rings. The van der Waals surface area contributed by atoms with Crippen LogP contribution >= 0.6 is 0 Å². The minimum absolute atomic E-state index is 0.0258. The van der Waals surface area contributed by atoms with Crippen molar-refractivity contribution in [2.75, 3.05) is 6.54 Å². The zero-order valence-electron chi connectivity index (χ0n) is 12.3. The Morgan fingerprint density at radius 2 is 2.05 bits per heavy atom. The van der Waals surface area contributed by atoms with Crippen molar-refractivity contribution in [3.8, 4) is 6.07 Å². The minimum Gasteiger partial charge on any atom is -0.444 e. The van der Waals surface area contributed by atoms with Crippen LogP contribution in [0.3, 0.4) is 0 Å². The predicted molar refractivity (Wildman–Crippen MR) is 73.6 cm³/mol. The first kappa shape index (κ1) is 15.8. The maximum atomic E-state index is 11.6. The topological polar surface area (TPSA) is 74.2 Å². The molecule has 2 N–H and O–H groups in total. The van der Waals surface area contributed by atoms with Crippen molar-refractivity contribution < 1.29 is 9.53 Å². The molecule has 1 rings (SSSR count). The highest BCUT2D eigenvalue weighted by molar-refractivity contribution is 5.68. The number of carbonyl (C=O) groups excluding carboxylic acids is 1. The van der Waals surface area contributed by atoms with Gasteiger partial charge in [0.15, 0.2) is 0 Å². The quantitative estimate of drug-likeness (QED) is 0.818. The number of amides is 1. The summed E-state index contributed by atoms with van der Waals surface area (Å²) in [7, 11) is 0. The fraction of sp³-hybridized carbons (Fsp3) is 0.857. The number of nitrogens with zero attached hydrogens (tertiary/aromatic N) is 1. The highest BCUT2D eigenvalue weighted by atomic mass is 16.6. The van der Waals surface area contributed by atoms with Gasteiger partial charge in [-0.05, 0) is 47.0 Å². The molecule has 3 atom stereocenters. The van der Waals surface area contributed by atoms with Crippen molar-refractivity contribution in [1.82, 2.24) is 10.6 Å². The maximum absolute atomic E-state index is 11.6. The molecule has 19 heavy (non-hydrogen) atoms. The number of carbonyl (C=O) groups is 1. The molecule has 1 aliphatic rings. The van der Waals surface area contributed by atoms with Gasteiger partial charge in [0.05, 0.1) is 12.0 Å². The molecule has 3 unspecified atom stereocenters. The number of rotatable bonds is 4. The van der Waals surface area contributed by atoms with E-state index in [1.54, 1.807) is 0 Å². The molecule has 0 aromatic carbocycles. The Bertz CT molecular complexity index is 344. The number of hydrogen-bond donors (Lipinski definition) is 2. The fourth-order valence-corrected chi connectivity index (χ4v) is 2.16. The van der Waals surface area contributed by atoms with Gasteiger partial charge in [-0.1, -0.05) is 0 Å². The first-order chi connectivity index (χ1) is 8.80. The summed E-state index contributed by atoms with van der Waals surface area (Å²) in [5.74, 6) is 0.0258. The second kappa shape index (κ2) is 6.76. The molecular formula is C14H25N3O2. The number of alkyl carbamates (subject to hydrolysis) is 1. The largest absolute Gasteiger partial charge is 0.444 e. The Kier molecular flexibility index (Phi) is 5.61. The first-order valence-corrected chi connectivity index (χ1v) is 6.92. The monoisotopic (exact) mass is 267 g/mol. The third kappa shape index (κ3) is 6.44. The van der Waals surface area contributed by atoms with Gasteiger partial charge in [0.2, 0.25) is 0 Å². The van der Waals surface area contributed by atoms with Crippen LogP contribution in [-0.4, -0.2) is 30.3 Å². The summed E-state index contributed by atoms with van der Waals surface area (Å²) in [5, 5.41) is 15.0. The molecule has 1 amide bonds. The maximum Gasteiger partial charge on any atom is 0.407 e. The predicted octanol–water partition coefficient (Wildman–Crippen LogP) is 2.18. The standard InChI is InChI=1S/C14H25N3O2/c1-10(8-15)9-16-11-5-6-12(7-11)17-13(18)19-14(2,3)4/h10-12,16H,5-7,9H2,1-4H3,(H,17,18). The lowest BCUT2D eigenvalue weighted by Crippen LogP contribution is -2.39. The summed E-state index contributed by atoms with van der Waals surface area (Å²) in [6.07, 6.45) is 2.54. The molecule has 0 saturated heterocycles. The fourth-order valence-electron chi connectivity index (χ4n) is 2.16. The van der Waals surface area contributed by atoms with E-state index in [9.17, 15) is 4.79 Å². The summed E-state index contributed by atoms with van der Waals surface area (Å²) >= 11 is 0. The van der Waals surface area contributed by atoms with Gasteiger partial charge in [0.1, 0.15) is 5.60 Å². The first-order valence-electron chi connectivity index (χ1n) is 6.92. The highest BCUT2D eigenvalue weighted by Crippen LogP contribution is 2.20. The smallest absolute Gasteiger partial charge is 0.407 e. The van der Waals surface area contributed by atoms with Gasteiger partial charge in [-0.2, -0.15) is 5.26 Å². The van der Waals surface area contributed by atoms with Gasteiger partial charge in [0.25, 0.3) is 0 Å². The molecule has 108 valence electrons. The number of hydrogen-bond acceptors (Lipinski definition) is 4. The van der Waals surface area contributed by atoms with E-state index in [-0.39, 0.29) is 18.1 Å². The Morgan fingerprint density at radius 1 is 1.42 bits per heavy atom. The molecule has 5 heteroatoms. The summed E-state index contributed by atoms with van der Waals surface area (Å²) in [4.78, 5) is 11.6. The average molecular weight is 267 g/mol. The molecule has 0 aromatic heterocycles. The van der Waals surface area contributed by atoms with Crippen molar-refractivity contribution in [3.63, 3.8) is 0 Å². The van der Waals surface area contributed by atoms with Crippen LogP contribution in [0, 0.1) is 17.2 Å². The third-order valence-electron chi connectivity index (χ3n) is 3.09. The van der Waals surface area contributed by atoms with E-state index in [0.717, 1.165) is 19.3 Å². The molecule has 0 aliphatic heterocycles. The van der Waals surface area contributed by atoms with Crippen molar-refractivity contribution in [1.29, 1.82) is 5.26 Å². The van der Waals surface area contributed by atoms with Gasteiger partial charge in [-0.25, -0.2) is 4.79 Å². The van der Waals surface area contributed by atoms with E-state index >= 15 is 0 Å². The zero-order chi connectivity index (χ0) is 14.5. The summed E-state index contributed by atoms with van der Waals surface area (Å²) in [5.41, 5.74) is -0.456. The number of nitriles is 1. The van der Waals surface area contributed by atoms with E-state index in [1.807, 2.05) is 27.7 Å². The molecular weight excluding hydrogens is 242 g/mol. The molecule has 0 heterocycles. The van der Waals surface area contributed by atoms with E-state index in [0.29, 0.717) is 12.6 Å². The second-order valence-corrected chi connectivity index (χ2v) is 6.29. The minimum atomic E-state index is -0.456. The lowest BCUT2D eigenvalue weighted by Gasteiger charge is -2.22. The Balaban J connectivity index is 2.25. The van der Waals surface area contributed by atoms with E-state index in [2.05, 4.69) is 16.7 Å². The lowest BCUT2D eigenvalue weighted by molar-refractivity contribution is 0.0505. The van der Waals surface area contributed by atoms with Gasteiger partial charge in [-0.3, -0.25) is 0 Å². The van der Waals surface area contributed by atoms with Crippen molar-refractivity contribution in [2.24, 2.45) is 5.92 Å². The third-order valence-corrected chi connectivity index (χ3v) is 3.09. The second-order valence-electron chi connectivity index (χ2n) is 6.29. The summed E-state index contributed by atoms with van der Waals surface area (Å²) < 4.78 is 5.24. The molecule has 0 bridgehead atoms. The molecule has 0 radical (unpaired) electrons. The Labute approximate surface area is 115 Å². The zero-order valence-corrected chi connectivity index (χ0v) is 12.3. The highest BCUT2D eigenvalue weighted by Gasteiger charge is 2.27. The summed E-state index contributed by atoms with van der Waals surface area (Å²) in [6, 6.07) is 2.76. The number of ether oxygens (including phenoxy) is 1. The Morgan fingerprint density at radius 3 is 2.63 bits per heavy atom. The van der Waals surface area contributed by atoms with Crippen LogP contribution in [0.25, 0.3) is 0 Å². The van der Waals surface area contributed by atoms with Gasteiger partial charge in [-0.15, -0.1) is 0 Å². The van der Waals surface area contributed by atoms with Gasteiger partial charge in [0, 0.05) is 18.6 Å². The summed E-state index contributed by atoms with van der Waals surface area (Å²) in [6.45, 7) is 8.18. The van der Waals surface area contributed by atoms with Crippen LogP contribution in [0.4, 0.5) is 4.79 Å². The normalized spacial score (nSPS) is 24.6. The van der Waals surface area contributed by atoms with Crippen LogP contribution in [0.1, 0.15) is 47.0 Å². The molecule has 0 spiro atoms. The molecule has 1 saturated carbocycles. The SMILES string of the molecule is CC(C#N)CNC1CCC(NC(=O)OC(C)(C)C)C1. The van der Waals surface area contributed by atoms with Crippen LogP contribution in [0.5, 0.6) is 0 Å². The van der Waals surface area contributed by atoms with E-state index in [1.165, 1.54) is 0 Å². The van der Waals surface area contributed by atoms with Crippen LogP contribution in [-0.2, 0) is 4.74 Å². The van der Waals surface area contributed by atoms with Crippen LogP contribution < -0.4 is 10.6 Å². The van der Waals surface area contributed by atoms with Crippen molar-refractivity contribution in [2.45, 2.75) is 64.6 Å². The van der Waals surface area contributed by atoms with Crippen molar-refractivity contribution >= 4 is 6.09 Å². The number of nitrogens with one attached hydrogen (secondary N) is 2. The van der Waals surface area contributed by atoms with Crippen LogP contribution in [0.2, 0.25) is 0 Å². The molecule has 0 aromatic rings. The van der Waals surface area contributed by atoms with Crippen molar-refractivity contribution in [3.05, 3.63) is 0 Å². The average Bonchev–Trinajstić information content (AvgIpc) is 2.70. The van der Waals surface area contributed by atoms with E-state index < -0.39 is 5.60 Å². The molecule has 1 aliphatic carbocycles. The molecule has 5 nitrogen and oxygen atoms in total. The van der Waals surface area contributed by atoms with Gasteiger partial charge < -0.3 is 15.4 Å². The van der Waals surface area contributed by atoms with E-state index in [4.69, 9.17) is 10.00 Å². The Hall–Kier alpha value is -1.28. The lowest BCUT2D eigenvalue weighted by atomic mass is 10.2. The van der Waals surface area contributed by atoms with Crippen LogP contribution in [0.15, 0.2) is 0 Å².